The Hall–Kier alpha value is -2.48. The van der Waals surface area contributed by atoms with Gasteiger partial charge in [0.05, 0.1) is 6.54 Å². The Labute approximate surface area is 203 Å². The lowest BCUT2D eigenvalue weighted by molar-refractivity contribution is -0.141. The topological polar surface area (TPSA) is 166 Å². The Morgan fingerprint density at radius 3 is 2.12 bits per heavy atom. The van der Waals surface area contributed by atoms with Gasteiger partial charge in [0.25, 0.3) is 0 Å². The molecule has 4 atom stereocenters. The highest BCUT2D eigenvalue weighted by Gasteiger charge is 2.37. The number of rotatable bonds is 11. The molecule has 14 heteroatoms. The summed E-state index contributed by atoms with van der Waals surface area (Å²) in [4.78, 5) is 74.0. The zero-order chi connectivity index (χ0) is 25.1. The Balaban J connectivity index is 2.65. The fraction of sp³-hybridized carbons (Fsp3) is 0.684. The van der Waals surface area contributed by atoms with Crippen LogP contribution in [0.25, 0.3) is 0 Å². The highest BCUT2D eigenvalue weighted by molar-refractivity contribution is 7.80. The Bertz CT molecular complexity index is 767. The molecule has 186 valence electrons. The van der Waals surface area contributed by atoms with Gasteiger partial charge in [-0.15, -0.1) is 0 Å². The first-order valence-corrected chi connectivity index (χ1v) is 11.7. The molecule has 0 aromatic carbocycles. The normalized spacial score (nSPS) is 17.8. The Morgan fingerprint density at radius 2 is 1.58 bits per heavy atom. The van der Waals surface area contributed by atoms with Crippen molar-refractivity contribution in [3.8, 4) is 0 Å². The minimum absolute atomic E-state index is 0.0527. The lowest BCUT2D eigenvalue weighted by Crippen LogP contribution is -2.56. The second-order valence-corrected chi connectivity index (χ2v) is 8.22. The van der Waals surface area contributed by atoms with E-state index in [1.165, 1.54) is 25.8 Å². The van der Waals surface area contributed by atoms with E-state index in [1.807, 2.05) is 0 Å². The number of hydrogen-bond acceptors (Lipinski definition) is 8. The van der Waals surface area contributed by atoms with E-state index in [1.54, 1.807) is 0 Å². The molecule has 1 saturated heterocycles. The molecule has 33 heavy (non-hydrogen) atoms. The third kappa shape index (κ3) is 8.76. The van der Waals surface area contributed by atoms with Crippen LogP contribution >= 0.6 is 25.3 Å². The lowest BCUT2D eigenvalue weighted by atomic mass is 10.2. The fourth-order valence-electron chi connectivity index (χ4n) is 3.27. The first-order valence-electron chi connectivity index (χ1n) is 10.4. The molecule has 1 rings (SSSR count). The highest BCUT2D eigenvalue weighted by Crippen LogP contribution is 2.18. The molecular weight excluding hydrogens is 472 g/mol. The van der Waals surface area contributed by atoms with Crippen molar-refractivity contribution in [2.45, 2.75) is 50.9 Å². The molecule has 5 N–H and O–H groups in total. The van der Waals surface area contributed by atoms with Gasteiger partial charge in [0, 0.05) is 32.0 Å². The van der Waals surface area contributed by atoms with Crippen LogP contribution in [0.5, 0.6) is 0 Å². The van der Waals surface area contributed by atoms with Crippen LogP contribution in [0.15, 0.2) is 0 Å². The summed E-state index contributed by atoms with van der Waals surface area (Å²) in [5, 5.41) is 12.3. The molecule has 0 radical (unpaired) electrons. The number of likely N-dealkylation sites (N-methyl/N-ethyl adjacent to an activating group) is 1. The molecule has 1 aliphatic heterocycles. The van der Waals surface area contributed by atoms with E-state index in [4.69, 9.17) is 0 Å². The number of amides is 6. The molecule has 0 aromatic heterocycles. The molecule has 0 aliphatic carbocycles. The smallest absolute Gasteiger partial charge is 0.245 e. The summed E-state index contributed by atoms with van der Waals surface area (Å²) < 4.78 is 0. The molecule has 0 saturated carbocycles. The van der Waals surface area contributed by atoms with Crippen LogP contribution < -0.4 is 26.6 Å². The van der Waals surface area contributed by atoms with Crippen LogP contribution in [-0.4, -0.2) is 96.2 Å². The van der Waals surface area contributed by atoms with Crippen molar-refractivity contribution in [1.82, 2.24) is 31.5 Å². The third-order valence-corrected chi connectivity index (χ3v) is 5.68. The summed E-state index contributed by atoms with van der Waals surface area (Å²) in [6.45, 7) is 2.71. The monoisotopic (exact) mass is 504 g/mol. The van der Waals surface area contributed by atoms with Crippen LogP contribution in [0.3, 0.4) is 0 Å². The largest absolute Gasteiger partial charge is 0.357 e. The second-order valence-electron chi connectivity index (χ2n) is 7.49. The summed E-state index contributed by atoms with van der Waals surface area (Å²) in [6.07, 6.45) is 0.989. The summed E-state index contributed by atoms with van der Waals surface area (Å²) in [7, 11) is 1.43. The highest BCUT2D eigenvalue weighted by atomic mass is 32.1. The number of nitrogens with zero attached hydrogens (tertiary/aromatic N) is 1. The van der Waals surface area contributed by atoms with Gasteiger partial charge in [-0.3, -0.25) is 28.8 Å². The number of thiol groups is 2. The number of likely N-dealkylation sites (tertiary alicyclic amines) is 1. The summed E-state index contributed by atoms with van der Waals surface area (Å²) in [5.74, 6) is -2.78. The first kappa shape index (κ1) is 28.6. The van der Waals surface area contributed by atoms with Gasteiger partial charge in [-0.25, -0.2) is 0 Å². The predicted octanol–water partition coefficient (Wildman–Crippen LogP) is -2.81. The van der Waals surface area contributed by atoms with E-state index in [2.05, 4.69) is 51.8 Å². The van der Waals surface area contributed by atoms with Gasteiger partial charge in [-0.2, -0.15) is 25.3 Å². The molecule has 1 heterocycles. The second kappa shape index (κ2) is 13.9. The molecule has 12 nitrogen and oxygen atoms in total. The van der Waals surface area contributed by atoms with Crippen LogP contribution in [0, 0.1) is 0 Å². The van der Waals surface area contributed by atoms with Crippen LogP contribution in [-0.2, 0) is 28.8 Å². The summed E-state index contributed by atoms with van der Waals surface area (Å²) in [6, 6.07) is -3.46. The van der Waals surface area contributed by atoms with E-state index < -0.39 is 59.6 Å². The Morgan fingerprint density at radius 1 is 0.970 bits per heavy atom. The predicted molar refractivity (Wildman–Crippen MR) is 127 cm³/mol. The van der Waals surface area contributed by atoms with Gasteiger partial charge < -0.3 is 31.5 Å². The van der Waals surface area contributed by atoms with E-state index in [0.717, 1.165) is 0 Å². The molecular formula is C19H32N6O6S2. The van der Waals surface area contributed by atoms with Crippen molar-refractivity contribution in [3.63, 3.8) is 0 Å². The molecule has 6 amide bonds. The minimum atomic E-state index is -0.936. The minimum Gasteiger partial charge on any atom is -0.357 e. The summed E-state index contributed by atoms with van der Waals surface area (Å²) in [5.41, 5.74) is 0. The first-order chi connectivity index (χ1) is 15.5. The lowest BCUT2D eigenvalue weighted by Gasteiger charge is -2.28. The quantitative estimate of drug-likeness (QED) is 0.150. The molecule has 0 aromatic rings. The van der Waals surface area contributed by atoms with E-state index in [0.29, 0.717) is 19.4 Å². The number of carbonyl (C=O) groups is 6. The van der Waals surface area contributed by atoms with Crippen LogP contribution in [0.2, 0.25) is 0 Å². The molecule has 0 spiro atoms. The number of nitrogens with one attached hydrogen (secondary N) is 5. The molecule has 0 unspecified atom stereocenters. The molecule has 1 aliphatic rings. The van der Waals surface area contributed by atoms with Crippen molar-refractivity contribution < 1.29 is 28.8 Å². The van der Waals surface area contributed by atoms with Crippen molar-refractivity contribution in [3.05, 3.63) is 0 Å². The fourth-order valence-corrected chi connectivity index (χ4v) is 3.78. The van der Waals surface area contributed by atoms with E-state index >= 15 is 0 Å². The third-order valence-electron chi connectivity index (χ3n) is 4.95. The SMILES string of the molecule is CNC(=O)[C@H](CS)NC(=O)CNC(=O)[C@@H]1CCCN1C(=O)[C@@H](C)NC(=O)[C@H](CS)NC(C)=O. The van der Waals surface area contributed by atoms with E-state index in [-0.39, 0.29) is 18.1 Å². The molecule has 1 fully saturated rings. The van der Waals surface area contributed by atoms with Crippen molar-refractivity contribution >= 4 is 60.7 Å². The average molecular weight is 505 g/mol. The maximum absolute atomic E-state index is 12.9. The standard InChI is InChI=1S/C19H32N6O6S2/c1-10(22-17(29)13(9-33)23-11(2)26)19(31)25-6-4-5-14(25)18(30)21-7-15(27)24-12(8-32)16(28)20-3/h10,12-14,32-33H,4-9H2,1-3H3,(H,20,28)(H,21,30)(H,22,29)(H,23,26)(H,24,27)/t10-,12+,13+,14+/m1/s1. The Kier molecular flexibility index (Phi) is 12.1. The van der Waals surface area contributed by atoms with Gasteiger partial charge in [0.1, 0.15) is 24.2 Å². The van der Waals surface area contributed by atoms with E-state index in [9.17, 15) is 28.8 Å². The van der Waals surface area contributed by atoms with Gasteiger partial charge in [-0.1, -0.05) is 0 Å². The van der Waals surface area contributed by atoms with Crippen LogP contribution in [0.1, 0.15) is 26.7 Å². The maximum atomic E-state index is 12.9. The maximum Gasteiger partial charge on any atom is 0.245 e. The number of hydrogen-bond donors (Lipinski definition) is 7. The summed E-state index contributed by atoms with van der Waals surface area (Å²) >= 11 is 8.05. The van der Waals surface area contributed by atoms with Crippen molar-refractivity contribution in [2.24, 2.45) is 0 Å². The zero-order valence-electron chi connectivity index (χ0n) is 18.8. The van der Waals surface area contributed by atoms with Gasteiger partial charge >= 0.3 is 0 Å². The average Bonchev–Trinajstić information content (AvgIpc) is 3.27. The van der Waals surface area contributed by atoms with Gasteiger partial charge in [0.15, 0.2) is 0 Å². The van der Waals surface area contributed by atoms with Crippen molar-refractivity contribution in [1.29, 1.82) is 0 Å². The van der Waals surface area contributed by atoms with Crippen LogP contribution in [0.4, 0.5) is 0 Å². The number of carbonyl (C=O) groups excluding carboxylic acids is 6. The zero-order valence-corrected chi connectivity index (χ0v) is 20.6. The van der Waals surface area contributed by atoms with Gasteiger partial charge in [0.2, 0.25) is 35.4 Å². The molecule has 0 bridgehead atoms. The van der Waals surface area contributed by atoms with Crippen molar-refractivity contribution in [2.75, 3.05) is 31.6 Å². The van der Waals surface area contributed by atoms with Gasteiger partial charge in [-0.05, 0) is 19.8 Å².